The molecule has 138 valence electrons. The van der Waals surface area contributed by atoms with Gasteiger partial charge < -0.3 is 25.2 Å². The lowest BCUT2D eigenvalue weighted by atomic mass is 10.0. The summed E-state index contributed by atoms with van der Waals surface area (Å²) in [5.41, 5.74) is 0. The molecule has 1 unspecified atom stereocenters. The van der Waals surface area contributed by atoms with Crippen molar-refractivity contribution >= 4 is 11.9 Å². The van der Waals surface area contributed by atoms with E-state index in [2.05, 4.69) is 36.4 Å². The molecule has 2 rings (SSSR count). The summed E-state index contributed by atoms with van der Waals surface area (Å²) in [7, 11) is 2.06. The number of rotatable bonds is 5. The zero-order valence-electron chi connectivity index (χ0n) is 15.2. The van der Waals surface area contributed by atoms with Crippen molar-refractivity contribution in [2.75, 3.05) is 46.4 Å². The van der Waals surface area contributed by atoms with E-state index in [4.69, 9.17) is 4.74 Å². The molecule has 2 saturated heterocycles. The molecule has 2 fully saturated rings. The summed E-state index contributed by atoms with van der Waals surface area (Å²) in [4.78, 5) is 29.2. The number of carbonyl (C=O) groups is 2. The van der Waals surface area contributed by atoms with Gasteiger partial charge in [-0.25, -0.2) is 4.79 Å². The van der Waals surface area contributed by atoms with Crippen LogP contribution in [-0.2, 0) is 9.53 Å². The second-order valence-corrected chi connectivity index (χ2v) is 7.32. The Morgan fingerprint density at radius 2 is 1.75 bits per heavy atom. The third-order valence-electron chi connectivity index (χ3n) is 4.68. The number of amides is 3. The second-order valence-electron chi connectivity index (χ2n) is 7.32. The molecular weight excluding hydrogens is 308 g/mol. The number of likely N-dealkylation sites (N-methyl/N-ethyl adjacent to an activating group) is 1. The Balaban J connectivity index is 1.88. The average Bonchev–Trinajstić information content (AvgIpc) is 2.55. The molecule has 0 aromatic rings. The second kappa shape index (κ2) is 9.22. The van der Waals surface area contributed by atoms with Gasteiger partial charge >= 0.3 is 6.03 Å². The van der Waals surface area contributed by atoms with E-state index in [0.29, 0.717) is 25.6 Å². The summed E-state index contributed by atoms with van der Waals surface area (Å²) >= 11 is 0. The third-order valence-corrected chi connectivity index (χ3v) is 4.68. The monoisotopic (exact) mass is 340 g/mol. The van der Waals surface area contributed by atoms with Gasteiger partial charge in [-0.1, -0.05) is 13.8 Å². The van der Waals surface area contributed by atoms with Crippen molar-refractivity contribution in [3.05, 3.63) is 0 Å². The fourth-order valence-corrected chi connectivity index (χ4v) is 3.17. The molecule has 0 bridgehead atoms. The van der Waals surface area contributed by atoms with Gasteiger partial charge in [-0.3, -0.25) is 4.79 Å². The minimum absolute atomic E-state index is 0.0407. The maximum absolute atomic E-state index is 12.8. The van der Waals surface area contributed by atoms with E-state index >= 15 is 0 Å². The zero-order valence-corrected chi connectivity index (χ0v) is 15.2. The molecule has 2 aliphatic rings. The normalized spacial score (nSPS) is 21.6. The SMILES string of the molecule is CC(C)CC(NC(=O)NC1CCOCC1)C(=O)N1CCN(C)CC1. The van der Waals surface area contributed by atoms with Gasteiger partial charge in [0.15, 0.2) is 0 Å². The molecular formula is C17H32N4O3. The highest BCUT2D eigenvalue weighted by atomic mass is 16.5. The predicted octanol–water partition coefficient (Wildman–Crippen LogP) is 0.653. The number of ether oxygens (including phenoxy) is 1. The third kappa shape index (κ3) is 5.94. The Hall–Kier alpha value is -1.34. The smallest absolute Gasteiger partial charge is 0.315 e. The molecule has 0 saturated carbocycles. The molecule has 1 atom stereocenters. The average molecular weight is 340 g/mol. The molecule has 0 aromatic heterocycles. The van der Waals surface area contributed by atoms with E-state index in [-0.39, 0.29) is 18.0 Å². The number of piperazine rings is 1. The molecule has 0 radical (unpaired) electrons. The minimum Gasteiger partial charge on any atom is -0.381 e. The highest BCUT2D eigenvalue weighted by molar-refractivity contribution is 5.87. The topological polar surface area (TPSA) is 73.9 Å². The van der Waals surface area contributed by atoms with E-state index in [1.54, 1.807) is 0 Å². The zero-order chi connectivity index (χ0) is 17.5. The summed E-state index contributed by atoms with van der Waals surface area (Å²) in [6.07, 6.45) is 2.32. The maximum atomic E-state index is 12.8. The van der Waals surface area contributed by atoms with Crippen LogP contribution in [-0.4, -0.2) is 80.3 Å². The lowest BCUT2D eigenvalue weighted by Gasteiger charge is -2.35. The van der Waals surface area contributed by atoms with Crippen molar-refractivity contribution in [2.24, 2.45) is 5.92 Å². The Labute approximate surface area is 145 Å². The lowest BCUT2D eigenvalue weighted by molar-refractivity contribution is -0.135. The molecule has 2 aliphatic heterocycles. The van der Waals surface area contributed by atoms with Crippen LogP contribution in [0.4, 0.5) is 4.79 Å². The van der Waals surface area contributed by atoms with Crippen molar-refractivity contribution < 1.29 is 14.3 Å². The Bertz CT molecular complexity index is 416. The molecule has 0 spiro atoms. The van der Waals surface area contributed by atoms with Gasteiger partial charge in [0.1, 0.15) is 6.04 Å². The lowest BCUT2D eigenvalue weighted by Crippen LogP contribution is -2.56. The number of carbonyl (C=O) groups excluding carboxylic acids is 2. The van der Waals surface area contributed by atoms with Gasteiger partial charge in [0, 0.05) is 45.4 Å². The molecule has 3 amide bonds. The number of nitrogens with one attached hydrogen (secondary N) is 2. The standard InChI is InChI=1S/C17H32N4O3/c1-13(2)12-15(16(22)21-8-6-20(3)7-9-21)19-17(23)18-14-4-10-24-11-5-14/h13-15H,4-12H2,1-3H3,(H2,18,19,23). The number of hydrogen-bond donors (Lipinski definition) is 2. The van der Waals surface area contributed by atoms with Gasteiger partial charge in [-0.05, 0) is 32.2 Å². The number of hydrogen-bond acceptors (Lipinski definition) is 4. The summed E-state index contributed by atoms with van der Waals surface area (Å²) in [5.74, 6) is 0.383. The highest BCUT2D eigenvalue weighted by Crippen LogP contribution is 2.11. The minimum atomic E-state index is -0.451. The number of urea groups is 1. The van der Waals surface area contributed by atoms with Gasteiger partial charge in [0.05, 0.1) is 0 Å². The van der Waals surface area contributed by atoms with Crippen LogP contribution < -0.4 is 10.6 Å². The molecule has 24 heavy (non-hydrogen) atoms. The van der Waals surface area contributed by atoms with E-state index in [1.807, 2.05) is 4.90 Å². The Morgan fingerprint density at radius 3 is 2.33 bits per heavy atom. The molecule has 2 heterocycles. The molecule has 0 aliphatic carbocycles. The first kappa shape index (κ1) is 19.0. The first-order valence-corrected chi connectivity index (χ1v) is 9.08. The quantitative estimate of drug-likeness (QED) is 0.771. The van der Waals surface area contributed by atoms with Gasteiger partial charge in [0.2, 0.25) is 5.91 Å². The van der Waals surface area contributed by atoms with E-state index in [9.17, 15) is 9.59 Å². The molecule has 7 nitrogen and oxygen atoms in total. The van der Waals surface area contributed by atoms with Crippen molar-refractivity contribution in [1.82, 2.24) is 20.4 Å². The van der Waals surface area contributed by atoms with Crippen LogP contribution in [0.25, 0.3) is 0 Å². The summed E-state index contributed by atoms with van der Waals surface area (Å²) < 4.78 is 5.30. The van der Waals surface area contributed by atoms with Crippen LogP contribution in [0.3, 0.4) is 0 Å². The summed E-state index contributed by atoms with van der Waals surface area (Å²) in [5, 5.41) is 5.89. The van der Waals surface area contributed by atoms with Crippen molar-refractivity contribution in [3.63, 3.8) is 0 Å². The summed E-state index contributed by atoms with van der Waals surface area (Å²) in [6.45, 7) is 8.73. The van der Waals surface area contributed by atoms with E-state index in [0.717, 1.165) is 39.0 Å². The first-order valence-electron chi connectivity index (χ1n) is 9.08. The van der Waals surface area contributed by atoms with Crippen LogP contribution in [0.1, 0.15) is 33.1 Å². The Kier molecular flexibility index (Phi) is 7.30. The Morgan fingerprint density at radius 1 is 1.12 bits per heavy atom. The molecule has 7 heteroatoms. The van der Waals surface area contributed by atoms with Crippen molar-refractivity contribution in [1.29, 1.82) is 0 Å². The van der Waals surface area contributed by atoms with Crippen LogP contribution >= 0.6 is 0 Å². The van der Waals surface area contributed by atoms with Crippen molar-refractivity contribution in [2.45, 2.75) is 45.2 Å². The maximum Gasteiger partial charge on any atom is 0.315 e. The van der Waals surface area contributed by atoms with E-state index in [1.165, 1.54) is 0 Å². The van der Waals surface area contributed by atoms with Gasteiger partial charge in [0.25, 0.3) is 0 Å². The summed E-state index contributed by atoms with van der Waals surface area (Å²) in [6, 6.07) is -0.555. The highest BCUT2D eigenvalue weighted by Gasteiger charge is 2.29. The van der Waals surface area contributed by atoms with E-state index < -0.39 is 6.04 Å². The first-order chi connectivity index (χ1) is 11.5. The van der Waals surface area contributed by atoms with Crippen LogP contribution in [0.15, 0.2) is 0 Å². The van der Waals surface area contributed by atoms with Crippen LogP contribution in [0.5, 0.6) is 0 Å². The van der Waals surface area contributed by atoms with Crippen LogP contribution in [0.2, 0.25) is 0 Å². The fourth-order valence-electron chi connectivity index (χ4n) is 3.17. The van der Waals surface area contributed by atoms with Gasteiger partial charge in [-0.15, -0.1) is 0 Å². The predicted molar refractivity (Wildman–Crippen MR) is 92.8 cm³/mol. The molecule has 0 aromatic carbocycles. The van der Waals surface area contributed by atoms with Gasteiger partial charge in [-0.2, -0.15) is 0 Å². The van der Waals surface area contributed by atoms with Crippen LogP contribution in [0, 0.1) is 5.92 Å². The molecule has 2 N–H and O–H groups in total. The largest absolute Gasteiger partial charge is 0.381 e. The number of nitrogens with zero attached hydrogens (tertiary/aromatic N) is 2. The van der Waals surface area contributed by atoms with Crippen molar-refractivity contribution in [3.8, 4) is 0 Å². The fraction of sp³-hybridized carbons (Fsp3) is 0.882.